The van der Waals surface area contributed by atoms with Crippen molar-refractivity contribution in [3.63, 3.8) is 0 Å². The molecule has 0 amide bonds. The molecule has 106 valence electrons. The van der Waals surface area contributed by atoms with E-state index in [1.807, 2.05) is 30.3 Å². The second kappa shape index (κ2) is 6.96. The average molecular weight is 270 g/mol. The number of ether oxygens (including phenoxy) is 1. The molecule has 0 fully saturated rings. The zero-order valence-corrected chi connectivity index (χ0v) is 12.1. The summed E-state index contributed by atoms with van der Waals surface area (Å²) in [5.74, 6) is 0.848. The number of anilines is 1. The Morgan fingerprint density at radius 1 is 1.10 bits per heavy atom. The summed E-state index contributed by atoms with van der Waals surface area (Å²) < 4.78 is 5.25. The average Bonchev–Trinajstić information content (AvgIpc) is 2.53. The van der Waals surface area contributed by atoms with Crippen molar-refractivity contribution in [1.29, 1.82) is 0 Å². The van der Waals surface area contributed by atoms with Crippen molar-refractivity contribution in [2.75, 3.05) is 25.1 Å². The number of nitrogens with two attached hydrogens (primary N) is 1. The summed E-state index contributed by atoms with van der Waals surface area (Å²) in [5, 5.41) is 0. The van der Waals surface area contributed by atoms with Gasteiger partial charge in [-0.25, -0.2) is 0 Å². The van der Waals surface area contributed by atoms with Gasteiger partial charge in [0.1, 0.15) is 5.75 Å². The molecule has 2 N–H and O–H groups in total. The van der Waals surface area contributed by atoms with Crippen molar-refractivity contribution in [1.82, 2.24) is 0 Å². The van der Waals surface area contributed by atoms with E-state index in [-0.39, 0.29) is 6.04 Å². The summed E-state index contributed by atoms with van der Waals surface area (Å²) in [6, 6.07) is 18.3. The van der Waals surface area contributed by atoms with E-state index in [0.717, 1.165) is 24.4 Å². The molecule has 0 aliphatic heterocycles. The minimum absolute atomic E-state index is 0.0368. The number of para-hydroxylation sites is 1. The van der Waals surface area contributed by atoms with Crippen LogP contribution < -0.4 is 15.4 Å². The van der Waals surface area contributed by atoms with Gasteiger partial charge in [-0.1, -0.05) is 30.3 Å². The van der Waals surface area contributed by atoms with Crippen LogP contribution in [0.25, 0.3) is 0 Å². The second-order valence-electron chi connectivity index (χ2n) is 4.76. The highest BCUT2D eigenvalue weighted by Crippen LogP contribution is 2.21. The van der Waals surface area contributed by atoms with Gasteiger partial charge in [-0.15, -0.1) is 0 Å². The van der Waals surface area contributed by atoms with Crippen LogP contribution in [0, 0.1) is 0 Å². The predicted octanol–water partition coefficient (Wildman–Crippen LogP) is 3.22. The van der Waals surface area contributed by atoms with Gasteiger partial charge < -0.3 is 15.4 Å². The summed E-state index contributed by atoms with van der Waals surface area (Å²) in [4.78, 5) is 2.28. The summed E-state index contributed by atoms with van der Waals surface area (Å²) in [6.45, 7) is 3.86. The van der Waals surface area contributed by atoms with E-state index in [9.17, 15) is 0 Å². The van der Waals surface area contributed by atoms with Crippen LogP contribution in [0.3, 0.4) is 0 Å². The van der Waals surface area contributed by atoms with Gasteiger partial charge in [0.2, 0.25) is 0 Å². The smallest absolute Gasteiger partial charge is 0.119 e. The molecular weight excluding hydrogens is 248 g/mol. The molecule has 1 unspecified atom stereocenters. The third-order valence-corrected chi connectivity index (χ3v) is 3.44. The van der Waals surface area contributed by atoms with E-state index < -0.39 is 0 Å². The van der Waals surface area contributed by atoms with E-state index in [2.05, 4.69) is 36.1 Å². The summed E-state index contributed by atoms with van der Waals surface area (Å²) >= 11 is 0. The molecule has 1 atom stereocenters. The Kier molecular flexibility index (Phi) is 5.02. The lowest BCUT2D eigenvalue weighted by Gasteiger charge is -2.26. The van der Waals surface area contributed by atoms with Crippen LogP contribution in [0.15, 0.2) is 54.6 Å². The number of hydrogen-bond donors (Lipinski definition) is 1. The van der Waals surface area contributed by atoms with Crippen molar-refractivity contribution in [3.8, 4) is 5.75 Å². The molecule has 2 aromatic carbocycles. The number of rotatable bonds is 6. The van der Waals surface area contributed by atoms with E-state index in [1.54, 1.807) is 7.11 Å². The van der Waals surface area contributed by atoms with Crippen LogP contribution in [0.4, 0.5) is 5.69 Å². The Morgan fingerprint density at radius 2 is 1.85 bits per heavy atom. The van der Waals surface area contributed by atoms with E-state index >= 15 is 0 Å². The Labute approximate surface area is 121 Å². The van der Waals surface area contributed by atoms with Crippen molar-refractivity contribution in [2.24, 2.45) is 5.73 Å². The minimum atomic E-state index is -0.0368. The van der Waals surface area contributed by atoms with Crippen LogP contribution in [-0.4, -0.2) is 20.2 Å². The quantitative estimate of drug-likeness (QED) is 0.876. The molecule has 3 heteroatoms. The van der Waals surface area contributed by atoms with E-state index in [1.165, 1.54) is 5.69 Å². The maximum absolute atomic E-state index is 6.34. The van der Waals surface area contributed by atoms with Gasteiger partial charge in [-0.2, -0.15) is 0 Å². The highest BCUT2D eigenvalue weighted by molar-refractivity contribution is 5.46. The fourth-order valence-corrected chi connectivity index (χ4v) is 2.27. The molecule has 20 heavy (non-hydrogen) atoms. The molecule has 0 aliphatic rings. The van der Waals surface area contributed by atoms with E-state index in [0.29, 0.717) is 0 Å². The molecule has 0 spiro atoms. The first kappa shape index (κ1) is 14.4. The Morgan fingerprint density at radius 3 is 2.50 bits per heavy atom. The Balaban J connectivity index is 2.11. The number of methoxy groups -OCH3 is 1. The van der Waals surface area contributed by atoms with Crippen molar-refractivity contribution in [2.45, 2.75) is 13.0 Å². The topological polar surface area (TPSA) is 38.5 Å². The SMILES string of the molecule is CCN(CC(N)c1cccc(OC)c1)c1ccccc1. The molecule has 2 rings (SSSR count). The normalized spacial score (nSPS) is 11.9. The van der Waals surface area contributed by atoms with Gasteiger partial charge in [0, 0.05) is 24.8 Å². The van der Waals surface area contributed by atoms with Gasteiger partial charge in [-0.05, 0) is 36.8 Å². The lowest BCUT2D eigenvalue weighted by Crippen LogP contribution is -2.32. The maximum Gasteiger partial charge on any atom is 0.119 e. The highest BCUT2D eigenvalue weighted by atomic mass is 16.5. The first-order chi connectivity index (χ1) is 9.74. The van der Waals surface area contributed by atoms with Gasteiger partial charge in [-0.3, -0.25) is 0 Å². The van der Waals surface area contributed by atoms with Gasteiger partial charge in [0.25, 0.3) is 0 Å². The monoisotopic (exact) mass is 270 g/mol. The molecule has 0 aliphatic carbocycles. The third-order valence-electron chi connectivity index (χ3n) is 3.44. The molecule has 0 radical (unpaired) electrons. The van der Waals surface area contributed by atoms with E-state index in [4.69, 9.17) is 10.5 Å². The lowest BCUT2D eigenvalue weighted by atomic mass is 10.1. The zero-order valence-electron chi connectivity index (χ0n) is 12.1. The van der Waals surface area contributed by atoms with Crippen LogP contribution >= 0.6 is 0 Å². The van der Waals surface area contributed by atoms with Crippen LogP contribution in [0.2, 0.25) is 0 Å². The minimum Gasteiger partial charge on any atom is -0.497 e. The lowest BCUT2D eigenvalue weighted by molar-refractivity contribution is 0.414. The zero-order chi connectivity index (χ0) is 14.4. The summed E-state index contributed by atoms with van der Waals surface area (Å²) in [7, 11) is 1.67. The molecule has 2 aromatic rings. The summed E-state index contributed by atoms with van der Waals surface area (Å²) in [6.07, 6.45) is 0. The van der Waals surface area contributed by atoms with Gasteiger partial charge in [0.05, 0.1) is 7.11 Å². The standard InChI is InChI=1S/C17H22N2O/c1-3-19(15-9-5-4-6-10-15)13-17(18)14-8-7-11-16(12-14)20-2/h4-12,17H,3,13,18H2,1-2H3. The van der Waals surface area contributed by atoms with Crippen LogP contribution in [0.1, 0.15) is 18.5 Å². The number of nitrogens with zero attached hydrogens (tertiary/aromatic N) is 1. The first-order valence-corrected chi connectivity index (χ1v) is 6.94. The molecule has 0 heterocycles. The van der Waals surface area contributed by atoms with Crippen molar-refractivity contribution < 1.29 is 4.74 Å². The predicted molar refractivity (Wildman–Crippen MR) is 84.3 cm³/mol. The molecule has 0 saturated heterocycles. The third kappa shape index (κ3) is 3.52. The largest absolute Gasteiger partial charge is 0.497 e. The van der Waals surface area contributed by atoms with Crippen LogP contribution in [0.5, 0.6) is 5.75 Å². The number of benzene rings is 2. The molecule has 0 aromatic heterocycles. The van der Waals surface area contributed by atoms with Gasteiger partial charge >= 0.3 is 0 Å². The fraction of sp³-hybridized carbons (Fsp3) is 0.294. The summed E-state index contributed by atoms with van der Waals surface area (Å²) in [5.41, 5.74) is 8.63. The molecule has 0 saturated carbocycles. The number of hydrogen-bond acceptors (Lipinski definition) is 3. The van der Waals surface area contributed by atoms with Crippen molar-refractivity contribution >= 4 is 5.69 Å². The fourth-order valence-electron chi connectivity index (χ4n) is 2.27. The molecule has 0 bridgehead atoms. The Bertz CT molecular complexity index is 528. The van der Waals surface area contributed by atoms with Crippen molar-refractivity contribution in [3.05, 3.63) is 60.2 Å². The number of likely N-dealkylation sites (N-methyl/N-ethyl adjacent to an activating group) is 1. The van der Waals surface area contributed by atoms with Crippen LogP contribution in [-0.2, 0) is 0 Å². The molecule has 3 nitrogen and oxygen atoms in total. The second-order valence-corrected chi connectivity index (χ2v) is 4.76. The molecular formula is C17H22N2O. The van der Waals surface area contributed by atoms with Gasteiger partial charge in [0.15, 0.2) is 0 Å². The first-order valence-electron chi connectivity index (χ1n) is 6.94. The highest BCUT2D eigenvalue weighted by Gasteiger charge is 2.12. The maximum atomic E-state index is 6.34. The Hall–Kier alpha value is -2.00.